The van der Waals surface area contributed by atoms with Crippen LogP contribution in [0.2, 0.25) is 0 Å². The zero-order valence-electron chi connectivity index (χ0n) is 11.2. The molecule has 2 nitrogen and oxygen atoms in total. The van der Waals surface area contributed by atoms with Crippen LogP contribution in [0.1, 0.15) is 5.56 Å². The van der Waals surface area contributed by atoms with Crippen molar-refractivity contribution in [1.29, 1.82) is 0 Å². The molecule has 0 radical (unpaired) electrons. The monoisotopic (exact) mass is 366 g/mol. The largest absolute Gasteiger partial charge is 0.416 e. The van der Waals surface area contributed by atoms with Crippen LogP contribution in [0, 0.1) is 0 Å². The Morgan fingerprint density at radius 3 is 2.45 bits per heavy atom. The highest BCUT2D eigenvalue weighted by molar-refractivity contribution is 9.10. The number of rotatable bonds is 2. The van der Waals surface area contributed by atoms with Crippen molar-refractivity contribution >= 4 is 38.2 Å². The van der Waals surface area contributed by atoms with Gasteiger partial charge in [0.05, 0.1) is 16.8 Å². The molecular formula is C16H10BrF3N2. The van der Waals surface area contributed by atoms with E-state index in [-0.39, 0.29) is 0 Å². The second-order valence-corrected chi connectivity index (χ2v) is 5.55. The van der Waals surface area contributed by atoms with Crippen LogP contribution in [0.3, 0.4) is 0 Å². The van der Waals surface area contributed by atoms with Gasteiger partial charge in [-0.2, -0.15) is 13.2 Å². The Morgan fingerprint density at radius 2 is 1.73 bits per heavy atom. The maximum Gasteiger partial charge on any atom is 0.416 e. The van der Waals surface area contributed by atoms with Crippen LogP contribution in [0.25, 0.3) is 10.9 Å². The molecule has 112 valence electrons. The highest BCUT2D eigenvalue weighted by Crippen LogP contribution is 2.34. The molecule has 0 aliphatic heterocycles. The Labute approximate surface area is 133 Å². The number of hydrogen-bond donors (Lipinski definition) is 1. The number of aromatic nitrogens is 1. The summed E-state index contributed by atoms with van der Waals surface area (Å²) in [5.41, 5.74) is 1.16. The highest BCUT2D eigenvalue weighted by atomic mass is 79.9. The van der Waals surface area contributed by atoms with E-state index < -0.39 is 11.7 Å². The van der Waals surface area contributed by atoms with Gasteiger partial charge in [-0.1, -0.05) is 12.1 Å². The topological polar surface area (TPSA) is 24.9 Å². The minimum Gasteiger partial charge on any atom is -0.354 e. The van der Waals surface area contributed by atoms with Gasteiger partial charge in [-0.25, -0.2) is 0 Å². The van der Waals surface area contributed by atoms with Crippen LogP contribution < -0.4 is 5.32 Å². The molecule has 2 aromatic carbocycles. The predicted octanol–water partition coefficient (Wildman–Crippen LogP) is 5.76. The second-order valence-electron chi connectivity index (χ2n) is 4.69. The summed E-state index contributed by atoms with van der Waals surface area (Å²) in [6, 6.07) is 12.6. The third-order valence-corrected chi connectivity index (χ3v) is 3.90. The number of alkyl halides is 3. The fourth-order valence-corrected chi connectivity index (χ4v) is 2.52. The summed E-state index contributed by atoms with van der Waals surface area (Å²) in [7, 11) is 0. The molecule has 3 aromatic rings. The molecule has 0 fully saturated rings. The number of benzene rings is 2. The van der Waals surface area contributed by atoms with E-state index in [1.165, 1.54) is 6.07 Å². The minimum absolute atomic E-state index is 0.424. The first-order valence-corrected chi connectivity index (χ1v) is 7.22. The number of nitrogens with one attached hydrogen (secondary N) is 1. The summed E-state index contributed by atoms with van der Waals surface area (Å²) in [4.78, 5) is 4.11. The molecule has 1 N–H and O–H groups in total. The van der Waals surface area contributed by atoms with Crippen molar-refractivity contribution in [2.24, 2.45) is 0 Å². The summed E-state index contributed by atoms with van der Waals surface area (Å²) in [6.07, 6.45) is -2.82. The zero-order valence-corrected chi connectivity index (χ0v) is 12.7. The van der Waals surface area contributed by atoms with Crippen LogP contribution in [0.5, 0.6) is 0 Å². The maximum atomic E-state index is 12.9. The molecule has 0 atom stereocenters. The number of hydrogen-bond acceptors (Lipinski definition) is 2. The molecule has 0 saturated heterocycles. The number of pyridine rings is 1. The van der Waals surface area contributed by atoms with Crippen molar-refractivity contribution in [2.45, 2.75) is 6.18 Å². The summed E-state index contributed by atoms with van der Waals surface area (Å²) in [5, 5.41) is 3.56. The molecule has 0 aliphatic carbocycles. The highest BCUT2D eigenvalue weighted by Gasteiger charge is 2.30. The van der Waals surface area contributed by atoms with Crippen LogP contribution in [-0.2, 0) is 6.18 Å². The van der Waals surface area contributed by atoms with E-state index in [4.69, 9.17) is 0 Å². The van der Waals surface area contributed by atoms with E-state index in [0.717, 1.165) is 22.3 Å². The molecule has 0 saturated carbocycles. The first-order chi connectivity index (χ1) is 10.4. The van der Waals surface area contributed by atoms with Crippen molar-refractivity contribution in [3.63, 3.8) is 0 Å². The van der Waals surface area contributed by atoms with Gasteiger partial charge in [0.15, 0.2) is 0 Å². The Morgan fingerprint density at radius 1 is 0.955 bits per heavy atom. The first-order valence-electron chi connectivity index (χ1n) is 6.43. The average molecular weight is 367 g/mol. The normalized spacial score (nSPS) is 11.6. The molecule has 3 rings (SSSR count). The molecule has 0 aliphatic rings. The van der Waals surface area contributed by atoms with Crippen molar-refractivity contribution < 1.29 is 13.2 Å². The van der Waals surface area contributed by atoms with Crippen LogP contribution >= 0.6 is 15.9 Å². The molecule has 0 spiro atoms. The average Bonchev–Trinajstić information content (AvgIpc) is 2.48. The lowest BCUT2D eigenvalue weighted by Gasteiger charge is -2.13. The number of halogens is 4. The third-order valence-electron chi connectivity index (χ3n) is 3.21. The van der Waals surface area contributed by atoms with Crippen LogP contribution in [-0.4, -0.2) is 4.98 Å². The van der Waals surface area contributed by atoms with Gasteiger partial charge in [0, 0.05) is 21.7 Å². The standard InChI is InChI=1S/C16H10BrF3N2/c17-12-3-1-2-4-15(12)22-14-7-8-21-13-6-5-10(9-11(13)14)16(18,19)20/h1-9H,(H,21,22). The number of anilines is 2. The number of fused-ring (bicyclic) bond motifs is 1. The minimum atomic E-state index is -4.38. The van der Waals surface area contributed by atoms with Gasteiger partial charge in [0.1, 0.15) is 0 Å². The molecule has 0 amide bonds. The van der Waals surface area contributed by atoms with E-state index in [9.17, 15) is 13.2 Å². The summed E-state index contributed by atoms with van der Waals surface area (Å²) in [6.45, 7) is 0. The van der Waals surface area contributed by atoms with Crippen molar-refractivity contribution in [3.8, 4) is 0 Å². The Hall–Kier alpha value is -2.08. The summed E-state index contributed by atoms with van der Waals surface area (Å²) in [5.74, 6) is 0. The van der Waals surface area contributed by atoms with Gasteiger partial charge < -0.3 is 5.32 Å². The van der Waals surface area contributed by atoms with Crippen LogP contribution in [0.4, 0.5) is 24.5 Å². The summed E-state index contributed by atoms with van der Waals surface area (Å²) < 4.78 is 39.5. The Kier molecular flexibility index (Phi) is 3.78. The number of nitrogens with zero attached hydrogens (tertiary/aromatic N) is 1. The van der Waals surface area contributed by atoms with Crippen LogP contribution in [0.15, 0.2) is 59.2 Å². The molecule has 0 unspecified atom stereocenters. The van der Waals surface area contributed by atoms with E-state index >= 15 is 0 Å². The van der Waals surface area contributed by atoms with E-state index in [2.05, 4.69) is 26.2 Å². The quantitative estimate of drug-likeness (QED) is 0.623. The molecule has 1 heterocycles. The van der Waals surface area contributed by atoms with Gasteiger partial charge in [-0.15, -0.1) is 0 Å². The van der Waals surface area contributed by atoms with Crippen molar-refractivity contribution in [2.75, 3.05) is 5.32 Å². The molecule has 0 bridgehead atoms. The van der Waals surface area contributed by atoms with Gasteiger partial charge in [0.2, 0.25) is 0 Å². The van der Waals surface area contributed by atoms with Crippen molar-refractivity contribution in [1.82, 2.24) is 4.98 Å². The van der Waals surface area contributed by atoms with Crippen molar-refractivity contribution in [3.05, 3.63) is 64.8 Å². The Balaban J connectivity index is 2.11. The molecule has 22 heavy (non-hydrogen) atoms. The third kappa shape index (κ3) is 2.92. The van der Waals surface area contributed by atoms with Gasteiger partial charge in [-0.3, -0.25) is 4.98 Å². The smallest absolute Gasteiger partial charge is 0.354 e. The summed E-state index contributed by atoms with van der Waals surface area (Å²) >= 11 is 3.41. The molecular weight excluding hydrogens is 357 g/mol. The predicted molar refractivity (Wildman–Crippen MR) is 84.2 cm³/mol. The van der Waals surface area contributed by atoms with E-state index in [1.807, 2.05) is 24.3 Å². The molecule has 6 heteroatoms. The zero-order chi connectivity index (χ0) is 15.7. The lowest BCUT2D eigenvalue weighted by molar-refractivity contribution is -0.137. The van der Waals surface area contributed by atoms with E-state index in [1.54, 1.807) is 12.3 Å². The van der Waals surface area contributed by atoms with Gasteiger partial charge in [0.25, 0.3) is 0 Å². The number of para-hydroxylation sites is 1. The van der Waals surface area contributed by atoms with Gasteiger partial charge >= 0.3 is 6.18 Å². The lowest BCUT2D eigenvalue weighted by atomic mass is 10.1. The first kappa shape index (κ1) is 14.8. The maximum absolute atomic E-state index is 12.9. The fourth-order valence-electron chi connectivity index (χ4n) is 2.14. The lowest BCUT2D eigenvalue weighted by Crippen LogP contribution is -2.05. The van der Waals surface area contributed by atoms with E-state index in [0.29, 0.717) is 16.6 Å². The van der Waals surface area contributed by atoms with Gasteiger partial charge in [-0.05, 0) is 52.3 Å². The Bertz CT molecular complexity index is 831. The molecule has 1 aromatic heterocycles. The fraction of sp³-hybridized carbons (Fsp3) is 0.0625. The SMILES string of the molecule is FC(F)(F)c1ccc2nccc(Nc3ccccc3Br)c2c1. The second kappa shape index (κ2) is 5.61.